The van der Waals surface area contributed by atoms with Crippen molar-refractivity contribution < 1.29 is 38.8 Å². The van der Waals surface area contributed by atoms with Crippen LogP contribution in [0.15, 0.2) is 58.8 Å². The smallest absolute Gasteiger partial charge is 0.285 e. The van der Waals surface area contributed by atoms with Crippen molar-refractivity contribution in [3.63, 3.8) is 0 Å². The third-order valence-corrected chi connectivity index (χ3v) is 6.69. The molecule has 17 nitrogen and oxygen atoms in total. The van der Waals surface area contributed by atoms with Gasteiger partial charge in [0.15, 0.2) is 0 Å². The molecule has 0 bridgehead atoms. The quantitative estimate of drug-likeness (QED) is 0.0454. The number of halogens is 2. The Morgan fingerprint density at radius 2 is 1.02 bits per heavy atom. The van der Waals surface area contributed by atoms with Gasteiger partial charge in [-0.1, -0.05) is 66.4 Å². The first-order chi connectivity index (χ1) is 22.8. The van der Waals surface area contributed by atoms with Gasteiger partial charge in [0.2, 0.25) is 0 Å². The van der Waals surface area contributed by atoms with Crippen LogP contribution in [0.4, 0.5) is 0 Å². The number of carbonyl (C=O) groups excluding carboxylic acids is 4. The standard InChI is InChI=1S/C11H10BrNO3.C11H10N4O3.C3H7BrO.C3H8N4O/c12-6-3-7-16-13-10(14)8-4-1-2-5-9(8)11(13)15;12-14-13-6-3-7-18-15-10(16)8-4-1-2-5-9(8)11(15)17;4-2-1-3-5;4-7-6-2-1-3-8-5/h1-2,4-5H,3,6-7H2;1-2,4-5H,3,6-7H2;5H,1-3H2;1-3,5H2. The number of hydrogen-bond acceptors (Lipinski definition) is 11. The summed E-state index contributed by atoms with van der Waals surface area (Å²) in [6, 6.07) is 13.3. The van der Waals surface area contributed by atoms with Crippen molar-refractivity contribution in [3.8, 4) is 0 Å². The summed E-state index contributed by atoms with van der Waals surface area (Å²) in [6.45, 7) is 1.94. The maximum Gasteiger partial charge on any atom is 0.285 e. The van der Waals surface area contributed by atoms with Crippen LogP contribution in [0.25, 0.3) is 20.9 Å². The predicted octanol–water partition coefficient (Wildman–Crippen LogP) is 5.25. The molecule has 0 atom stereocenters. The first kappa shape index (κ1) is 41.1. The van der Waals surface area contributed by atoms with Crippen LogP contribution in [0, 0.1) is 0 Å². The molecule has 0 radical (unpaired) electrons. The summed E-state index contributed by atoms with van der Waals surface area (Å²) >= 11 is 6.40. The number of imide groups is 2. The average Bonchev–Trinajstić information content (AvgIpc) is 3.48. The summed E-state index contributed by atoms with van der Waals surface area (Å²) < 4.78 is 0. The number of benzene rings is 2. The summed E-state index contributed by atoms with van der Waals surface area (Å²) in [5.41, 5.74) is 17.3. The van der Waals surface area contributed by atoms with Gasteiger partial charge in [-0.05, 0) is 61.0 Å². The number of alkyl halides is 2. The molecule has 0 aliphatic carbocycles. The van der Waals surface area contributed by atoms with Gasteiger partial charge < -0.3 is 9.94 Å². The Bertz CT molecular complexity index is 1330. The van der Waals surface area contributed by atoms with Crippen LogP contribution in [0.2, 0.25) is 0 Å². The molecule has 3 N–H and O–H groups in total. The molecule has 2 aromatic carbocycles. The van der Waals surface area contributed by atoms with E-state index < -0.39 is 11.8 Å². The first-order valence-electron chi connectivity index (χ1n) is 14.1. The summed E-state index contributed by atoms with van der Waals surface area (Å²) in [4.78, 5) is 66.8. The molecule has 2 aliphatic heterocycles. The van der Waals surface area contributed by atoms with E-state index >= 15 is 0 Å². The Morgan fingerprint density at radius 1 is 0.660 bits per heavy atom. The minimum atomic E-state index is -0.459. The SMILES string of the molecule is O=C1c2ccccc2C(=O)N1OCCCBr.OCCCBr.[N-]=[N+]=NCCCON.[N-]=[N+]=NCCCON1C(=O)c2ccccc2C1=O. The van der Waals surface area contributed by atoms with Crippen LogP contribution in [-0.2, 0) is 14.5 Å². The normalized spacial score (nSPS) is 12.3. The summed E-state index contributed by atoms with van der Waals surface area (Å²) in [6.07, 6.45) is 2.73. The number of azide groups is 2. The van der Waals surface area contributed by atoms with Gasteiger partial charge in [0.1, 0.15) is 0 Å². The van der Waals surface area contributed by atoms with Crippen LogP contribution in [0.5, 0.6) is 0 Å². The molecule has 0 fully saturated rings. The third kappa shape index (κ3) is 14.2. The number of amides is 4. The van der Waals surface area contributed by atoms with E-state index in [0.29, 0.717) is 61.5 Å². The molecule has 0 saturated carbocycles. The number of carbonyl (C=O) groups is 4. The Hall–Kier alpha value is -3.90. The fourth-order valence-corrected chi connectivity index (χ4v) is 3.92. The van der Waals surface area contributed by atoms with Crippen LogP contribution >= 0.6 is 31.9 Å². The van der Waals surface area contributed by atoms with E-state index in [1.54, 1.807) is 48.5 Å². The minimum absolute atomic E-state index is 0.143. The Labute approximate surface area is 287 Å². The van der Waals surface area contributed by atoms with E-state index in [2.05, 4.69) is 62.6 Å². The molecular formula is C28H35Br2N9O8. The topological polar surface area (TPSA) is 246 Å². The van der Waals surface area contributed by atoms with Crippen molar-refractivity contribution in [1.82, 2.24) is 10.1 Å². The molecule has 47 heavy (non-hydrogen) atoms. The number of aliphatic hydroxyl groups excluding tert-OH is 1. The van der Waals surface area contributed by atoms with Gasteiger partial charge in [0.25, 0.3) is 23.6 Å². The second-order valence-corrected chi connectivity index (χ2v) is 10.4. The highest BCUT2D eigenvalue weighted by Crippen LogP contribution is 2.23. The van der Waals surface area contributed by atoms with Crippen molar-refractivity contribution >= 4 is 55.5 Å². The van der Waals surface area contributed by atoms with Crippen molar-refractivity contribution in [2.45, 2.75) is 25.7 Å². The zero-order valence-electron chi connectivity index (χ0n) is 25.3. The molecule has 254 valence electrons. The van der Waals surface area contributed by atoms with Gasteiger partial charge in [-0.15, -0.1) is 10.1 Å². The van der Waals surface area contributed by atoms with Crippen molar-refractivity contribution in [2.24, 2.45) is 16.1 Å². The van der Waals surface area contributed by atoms with Crippen LogP contribution in [-0.4, -0.2) is 89.0 Å². The zero-order valence-corrected chi connectivity index (χ0v) is 28.5. The number of rotatable bonds is 15. The molecule has 2 heterocycles. The molecule has 4 amide bonds. The lowest BCUT2D eigenvalue weighted by Gasteiger charge is -2.12. The van der Waals surface area contributed by atoms with E-state index in [0.717, 1.165) is 33.6 Å². The molecule has 0 aromatic heterocycles. The van der Waals surface area contributed by atoms with E-state index in [9.17, 15) is 19.2 Å². The van der Waals surface area contributed by atoms with Crippen molar-refractivity contribution in [2.75, 3.05) is 50.2 Å². The number of nitrogens with two attached hydrogens (primary N) is 1. The van der Waals surface area contributed by atoms with Crippen LogP contribution < -0.4 is 5.90 Å². The largest absolute Gasteiger partial charge is 0.396 e. The van der Waals surface area contributed by atoms with E-state index in [-0.39, 0.29) is 25.0 Å². The van der Waals surface area contributed by atoms with Gasteiger partial charge in [-0.3, -0.25) is 28.9 Å². The highest BCUT2D eigenvalue weighted by molar-refractivity contribution is 9.09. The van der Waals surface area contributed by atoms with Gasteiger partial charge in [-0.2, -0.15) is 0 Å². The maximum atomic E-state index is 11.8. The van der Waals surface area contributed by atoms with Gasteiger partial charge in [0.05, 0.1) is 42.1 Å². The van der Waals surface area contributed by atoms with Gasteiger partial charge >= 0.3 is 0 Å². The average molecular weight is 785 g/mol. The maximum absolute atomic E-state index is 11.8. The van der Waals surface area contributed by atoms with E-state index in [4.69, 9.17) is 25.8 Å². The Kier molecular flexibility index (Phi) is 22.1. The number of nitrogens with zero attached hydrogens (tertiary/aromatic N) is 8. The molecule has 0 saturated heterocycles. The first-order valence-corrected chi connectivity index (χ1v) is 16.4. The lowest BCUT2D eigenvalue weighted by atomic mass is 10.1. The van der Waals surface area contributed by atoms with E-state index in [1.807, 2.05) is 0 Å². The monoisotopic (exact) mass is 783 g/mol. The summed E-state index contributed by atoms with van der Waals surface area (Å²) in [5, 5.41) is 17.9. The Morgan fingerprint density at radius 3 is 1.32 bits per heavy atom. The predicted molar refractivity (Wildman–Crippen MR) is 177 cm³/mol. The third-order valence-electron chi connectivity index (χ3n) is 5.57. The molecule has 19 heteroatoms. The molecule has 2 aromatic rings. The van der Waals surface area contributed by atoms with Crippen LogP contribution in [0.1, 0.15) is 67.1 Å². The number of aliphatic hydroxyl groups is 1. The molecule has 0 unspecified atom stereocenters. The highest BCUT2D eigenvalue weighted by atomic mass is 79.9. The van der Waals surface area contributed by atoms with Crippen molar-refractivity contribution in [3.05, 3.63) is 91.7 Å². The number of fused-ring (bicyclic) bond motifs is 2. The second kappa shape index (κ2) is 25.2. The molecule has 2 aliphatic rings. The van der Waals surface area contributed by atoms with E-state index in [1.165, 1.54) is 0 Å². The molecular weight excluding hydrogens is 750 g/mol. The number of hydroxylamine groups is 4. The van der Waals surface area contributed by atoms with Gasteiger partial charge in [0, 0.05) is 40.2 Å². The summed E-state index contributed by atoms with van der Waals surface area (Å²) in [7, 11) is 0. The minimum Gasteiger partial charge on any atom is -0.396 e. The fourth-order valence-electron chi connectivity index (χ4n) is 3.44. The van der Waals surface area contributed by atoms with Crippen molar-refractivity contribution in [1.29, 1.82) is 0 Å². The zero-order chi connectivity index (χ0) is 34.9. The molecule has 4 rings (SSSR count). The number of hydrogen-bond donors (Lipinski definition) is 2. The second-order valence-electron chi connectivity index (χ2n) is 8.86. The highest BCUT2D eigenvalue weighted by Gasteiger charge is 2.37. The summed E-state index contributed by atoms with van der Waals surface area (Å²) in [5.74, 6) is 3.00. The lowest BCUT2D eigenvalue weighted by molar-refractivity contribution is -0.0914. The molecule has 0 spiro atoms. The fraction of sp³-hybridized carbons (Fsp3) is 0.429. The lowest BCUT2D eigenvalue weighted by Crippen LogP contribution is -2.30. The van der Waals surface area contributed by atoms with Crippen LogP contribution in [0.3, 0.4) is 0 Å². The Balaban J connectivity index is 0.000000347. The van der Waals surface area contributed by atoms with Gasteiger partial charge in [-0.25, -0.2) is 5.90 Å².